The number of sulfonamides is 1. The molecule has 1 aliphatic rings. The molecule has 0 spiro atoms. The van der Waals surface area contributed by atoms with Crippen LogP contribution in [0.15, 0.2) is 29.2 Å². The van der Waals surface area contributed by atoms with Crippen molar-refractivity contribution in [3.05, 3.63) is 29.8 Å². The normalized spacial score (nSPS) is 15.4. The Morgan fingerprint density at radius 1 is 1.30 bits per heavy atom. The third kappa shape index (κ3) is 6.01. The maximum absolute atomic E-state index is 12.9. The van der Waals surface area contributed by atoms with Gasteiger partial charge in [-0.2, -0.15) is 9.57 Å². The number of hydrogen-bond acceptors (Lipinski definition) is 6. The number of likely N-dealkylation sites (N-methyl/N-ethyl adjacent to an activating group) is 1. The van der Waals surface area contributed by atoms with E-state index in [-0.39, 0.29) is 47.8 Å². The molecule has 30 heavy (non-hydrogen) atoms. The average Bonchev–Trinajstić information content (AvgIpc) is 2.76. The monoisotopic (exact) mass is 436 g/mol. The Kier molecular flexibility index (Phi) is 8.77. The molecule has 1 aliphatic heterocycles. The van der Waals surface area contributed by atoms with Gasteiger partial charge in [-0.05, 0) is 31.4 Å². The lowest BCUT2D eigenvalue weighted by Gasteiger charge is -2.32. The number of nitrogens with one attached hydrogen (secondary N) is 1. The van der Waals surface area contributed by atoms with E-state index >= 15 is 0 Å². The number of carbonyl (C=O) groups is 2. The Morgan fingerprint density at radius 3 is 2.60 bits per heavy atom. The predicted octanol–water partition coefficient (Wildman–Crippen LogP) is 0.570. The molecule has 0 bridgehead atoms. The maximum Gasteiger partial charge on any atom is 0.244 e. The molecule has 1 fully saturated rings. The minimum Gasteiger partial charge on any atom is -0.385 e. The molecular weight excluding hydrogens is 408 g/mol. The Labute approximate surface area is 177 Å². The van der Waals surface area contributed by atoms with Gasteiger partial charge in [-0.1, -0.05) is 12.1 Å². The first-order valence-electron chi connectivity index (χ1n) is 9.81. The zero-order valence-electron chi connectivity index (χ0n) is 17.3. The van der Waals surface area contributed by atoms with E-state index < -0.39 is 10.0 Å². The fourth-order valence-corrected chi connectivity index (χ4v) is 4.98. The summed E-state index contributed by atoms with van der Waals surface area (Å²) in [6, 6.07) is 8.00. The van der Waals surface area contributed by atoms with Crippen LogP contribution in [-0.4, -0.2) is 76.4 Å². The molecule has 0 radical (unpaired) electrons. The van der Waals surface area contributed by atoms with Gasteiger partial charge in [-0.3, -0.25) is 9.59 Å². The zero-order valence-corrected chi connectivity index (χ0v) is 18.2. The fraction of sp³-hybridized carbons (Fsp3) is 0.550. The molecule has 9 nitrogen and oxygen atoms in total. The summed E-state index contributed by atoms with van der Waals surface area (Å²) in [5.74, 6) is -0.749. The number of amides is 2. The van der Waals surface area contributed by atoms with Crippen molar-refractivity contribution in [2.24, 2.45) is 5.92 Å². The molecule has 1 heterocycles. The van der Waals surface area contributed by atoms with Crippen molar-refractivity contribution in [3.8, 4) is 6.07 Å². The van der Waals surface area contributed by atoms with E-state index in [1.54, 1.807) is 26.3 Å². The number of nitriles is 1. The standard InChI is InChI=1S/C20H28N4O5S/c1-23(15-19(25)22-10-5-13-29-2)20(26)16-8-11-24(12-9-16)30(27,28)18-7-4-3-6-17(18)14-21/h3-4,6-7,16H,5,8-13,15H2,1-2H3,(H,22,25). The van der Waals surface area contributed by atoms with Crippen LogP contribution in [0.5, 0.6) is 0 Å². The SMILES string of the molecule is COCCCNC(=O)CN(C)C(=O)C1CCN(S(=O)(=O)c2ccccc2C#N)CC1. The van der Waals surface area contributed by atoms with Crippen molar-refractivity contribution < 1.29 is 22.7 Å². The molecule has 2 rings (SSSR count). The van der Waals surface area contributed by atoms with Gasteiger partial charge in [0, 0.05) is 46.3 Å². The van der Waals surface area contributed by atoms with E-state index in [0.29, 0.717) is 32.4 Å². The van der Waals surface area contributed by atoms with Crippen molar-refractivity contribution in [3.63, 3.8) is 0 Å². The molecule has 0 unspecified atom stereocenters. The van der Waals surface area contributed by atoms with E-state index in [4.69, 9.17) is 4.74 Å². The van der Waals surface area contributed by atoms with E-state index in [0.717, 1.165) is 0 Å². The van der Waals surface area contributed by atoms with Crippen molar-refractivity contribution in [2.75, 3.05) is 46.9 Å². The molecule has 164 valence electrons. The van der Waals surface area contributed by atoms with E-state index in [2.05, 4.69) is 5.32 Å². The summed E-state index contributed by atoms with van der Waals surface area (Å²) < 4.78 is 32.0. The molecule has 1 aromatic rings. The van der Waals surface area contributed by atoms with Crippen LogP contribution < -0.4 is 5.32 Å². The highest BCUT2D eigenvalue weighted by Crippen LogP contribution is 2.26. The van der Waals surface area contributed by atoms with Crippen molar-refractivity contribution in [1.82, 2.24) is 14.5 Å². The van der Waals surface area contributed by atoms with Gasteiger partial charge in [0.25, 0.3) is 0 Å². The van der Waals surface area contributed by atoms with Crippen LogP contribution in [0, 0.1) is 17.2 Å². The Balaban J connectivity index is 1.89. The lowest BCUT2D eigenvalue weighted by Crippen LogP contribution is -2.45. The quantitative estimate of drug-likeness (QED) is 0.565. The summed E-state index contributed by atoms with van der Waals surface area (Å²) in [5, 5.41) is 11.9. The van der Waals surface area contributed by atoms with Crippen LogP contribution in [0.4, 0.5) is 0 Å². The van der Waals surface area contributed by atoms with E-state index in [9.17, 15) is 23.3 Å². The second-order valence-corrected chi connectivity index (χ2v) is 9.08. The molecule has 1 aromatic carbocycles. The lowest BCUT2D eigenvalue weighted by atomic mass is 9.96. The van der Waals surface area contributed by atoms with Gasteiger partial charge in [0.2, 0.25) is 21.8 Å². The number of rotatable bonds is 9. The fourth-order valence-electron chi connectivity index (χ4n) is 3.37. The third-order valence-electron chi connectivity index (χ3n) is 5.03. The molecule has 2 amide bonds. The predicted molar refractivity (Wildman–Crippen MR) is 110 cm³/mol. The van der Waals surface area contributed by atoms with E-state index in [1.807, 2.05) is 6.07 Å². The number of hydrogen-bond donors (Lipinski definition) is 1. The number of piperidine rings is 1. The van der Waals surface area contributed by atoms with Crippen molar-refractivity contribution >= 4 is 21.8 Å². The number of benzene rings is 1. The Morgan fingerprint density at radius 2 is 1.97 bits per heavy atom. The van der Waals surface area contributed by atoms with Crippen LogP contribution in [0.1, 0.15) is 24.8 Å². The molecule has 0 atom stereocenters. The Hall–Kier alpha value is -2.48. The first-order valence-corrected chi connectivity index (χ1v) is 11.2. The van der Waals surface area contributed by atoms with Gasteiger partial charge >= 0.3 is 0 Å². The number of ether oxygens (including phenoxy) is 1. The van der Waals surface area contributed by atoms with Crippen LogP contribution in [-0.2, 0) is 24.3 Å². The second-order valence-electron chi connectivity index (χ2n) is 7.18. The summed E-state index contributed by atoms with van der Waals surface area (Å²) in [6.45, 7) is 1.37. The molecule has 1 saturated heterocycles. The zero-order chi connectivity index (χ0) is 22.1. The number of nitrogens with zero attached hydrogens (tertiary/aromatic N) is 3. The van der Waals surface area contributed by atoms with Gasteiger partial charge in [0.05, 0.1) is 17.0 Å². The van der Waals surface area contributed by atoms with Crippen LogP contribution in [0.25, 0.3) is 0 Å². The summed E-state index contributed by atoms with van der Waals surface area (Å²) in [4.78, 5) is 26.0. The highest BCUT2D eigenvalue weighted by atomic mass is 32.2. The van der Waals surface area contributed by atoms with Crippen molar-refractivity contribution in [1.29, 1.82) is 5.26 Å². The van der Waals surface area contributed by atoms with Crippen LogP contribution in [0.3, 0.4) is 0 Å². The smallest absolute Gasteiger partial charge is 0.244 e. The topological polar surface area (TPSA) is 120 Å². The third-order valence-corrected chi connectivity index (χ3v) is 6.99. The first kappa shape index (κ1) is 23.8. The van der Waals surface area contributed by atoms with Crippen molar-refractivity contribution in [2.45, 2.75) is 24.2 Å². The summed E-state index contributed by atoms with van der Waals surface area (Å²) >= 11 is 0. The number of methoxy groups -OCH3 is 1. The maximum atomic E-state index is 12.9. The second kappa shape index (κ2) is 11.1. The summed E-state index contributed by atoms with van der Waals surface area (Å²) in [7, 11) is -0.634. The van der Waals surface area contributed by atoms with Crippen LogP contribution in [0.2, 0.25) is 0 Å². The summed E-state index contributed by atoms with van der Waals surface area (Å²) in [6.07, 6.45) is 1.43. The summed E-state index contributed by atoms with van der Waals surface area (Å²) in [5.41, 5.74) is 0.104. The molecule has 0 aromatic heterocycles. The first-order chi connectivity index (χ1) is 14.3. The average molecular weight is 437 g/mol. The minimum atomic E-state index is -3.80. The highest BCUT2D eigenvalue weighted by Gasteiger charge is 2.34. The lowest BCUT2D eigenvalue weighted by molar-refractivity contribution is -0.139. The number of carbonyl (C=O) groups excluding carboxylic acids is 2. The van der Waals surface area contributed by atoms with Gasteiger partial charge < -0.3 is 15.0 Å². The van der Waals surface area contributed by atoms with Gasteiger partial charge in [-0.15, -0.1) is 0 Å². The molecule has 10 heteroatoms. The van der Waals surface area contributed by atoms with E-state index in [1.165, 1.54) is 21.3 Å². The van der Waals surface area contributed by atoms with Gasteiger partial charge in [0.15, 0.2) is 0 Å². The van der Waals surface area contributed by atoms with Gasteiger partial charge in [-0.25, -0.2) is 8.42 Å². The minimum absolute atomic E-state index is 0.0143. The molecule has 0 aliphatic carbocycles. The largest absolute Gasteiger partial charge is 0.385 e. The molecule has 1 N–H and O–H groups in total. The molecular formula is C20H28N4O5S. The van der Waals surface area contributed by atoms with Gasteiger partial charge in [0.1, 0.15) is 6.07 Å². The molecule has 0 saturated carbocycles. The Bertz CT molecular complexity index is 889. The van der Waals surface area contributed by atoms with Crippen LogP contribution >= 0.6 is 0 Å². The highest BCUT2D eigenvalue weighted by molar-refractivity contribution is 7.89.